The standard InChI is InChI=1S/C13H10Cl2N2O6S2/c1-24(20,21)17(12-5-3-2-4-10(12)14)25(22,23)9-6-7-11(15)13(8-9)16(18)19/h2-8H,1H3. The lowest BCUT2D eigenvalue weighted by atomic mass is 10.3. The molecule has 0 N–H and O–H groups in total. The van der Waals surface area contributed by atoms with Gasteiger partial charge >= 0.3 is 0 Å². The largest absolute Gasteiger partial charge is 0.289 e. The molecule has 25 heavy (non-hydrogen) atoms. The van der Waals surface area contributed by atoms with E-state index in [9.17, 15) is 26.9 Å². The van der Waals surface area contributed by atoms with Crippen molar-refractivity contribution in [2.75, 3.05) is 9.97 Å². The van der Waals surface area contributed by atoms with E-state index < -0.39 is 35.6 Å². The van der Waals surface area contributed by atoms with E-state index in [0.29, 0.717) is 12.3 Å². The van der Waals surface area contributed by atoms with Crippen LogP contribution in [-0.2, 0) is 20.0 Å². The smallest absolute Gasteiger partial charge is 0.258 e. The Morgan fingerprint density at radius 1 is 1.00 bits per heavy atom. The van der Waals surface area contributed by atoms with Crippen LogP contribution in [-0.4, -0.2) is 28.0 Å². The zero-order chi connectivity index (χ0) is 19.0. The van der Waals surface area contributed by atoms with Crippen molar-refractivity contribution in [2.24, 2.45) is 0 Å². The molecular weight excluding hydrogens is 415 g/mol. The molecule has 0 heterocycles. The van der Waals surface area contributed by atoms with Crippen molar-refractivity contribution < 1.29 is 21.8 Å². The maximum Gasteiger partial charge on any atom is 0.289 e. The van der Waals surface area contributed by atoms with Gasteiger partial charge in [0, 0.05) is 6.07 Å². The molecule has 0 aliphatic carbocycles. The van der Waals surface area contributed by atoms with Gasteiger partial charge in [-0.15, -0.1) is 0 Å². The van der Waals surface area contributed by atoms with Gasteiger partial charge in [-0.1, -0.05) is 35.3 Å². The number of anilines is 1. The summed E-state index contributed by atoms with van der Waals surface area (Å²) in [6, 6.07) is 8.07. The van der Waals surface area contributed by atoms with Crippen molar-refractivity contribution in [2.45, 2.75) is 4.90 Å². The molecular formula is C13H10Cl2N2O6S2. The molecule has 2 aromatic rings. The van der Waals surface area contributed by atoms with Crippen LogP contribution < -0.4 is 3.71 Å². The molecule has 0 amide bonds. The lowest BCUT2D eigenvalue weighted by molar-refractivity contribution is -0.384. The Bertz CT molecular complexity index is 1050. The first kappa shape index (κ1) is 19.4. The van der Waals surface area contributed by atoms with Gasteiger partial charge in [-0.25, -0.2) is 16.8 Å². The second-order valence-corrected chi connectivity index (χ2v) is 9.45. The highest BCUT2D eigenvalue weighted by molar-refractivity contribution is 8.10. The second kappa shape index (κ2) is 6.79. The molecule has 0 atom stereocenters. The fourth-order valence-electron chi connectivity index (χ4n) is 1.97. The summed E-state index contributed by atoms with van der Waals surface area (Å²) in [5.74, 6) is 0. The maximum absolute atomic E-state index is 12.8. The van der Waals surface area contributed by atoms with Crippen LogP contribution in [0, 0.1) is 10.1 Å². The summed E-state index contributed by atoms with van der Waals surface area (Å²) in [6.07, 6.45) is 0.679. The number of halogens is 2. The van der Waals surface area contributed by atoms with E-state index in [1.165, 1.54) is 24.3 Å². The first-order valence-electron chi connectivity index (χ1n) is 6.40. The van der Waals surface area contributed by atoms with E-state index in [4.69, 9.17) is 23.2 Å². The van der Waals surface area contributed by atoms with E-state index in [0.717, 1.165) is 12.1 Å². The number of hydrogen-bond acceptors (Lipinski definition) is 6. The molecule has 0 unspecified atom stereocenters. The summed E-state index contributed by atoms with van der Waals surface area (Å²) in [5.41, 5.74) is -0.973. The summed E-state index contributed by atoms with van der Waals surface area (Å²) < 4.78 is 50.0. The van der Waals surface area contributed by atoms with Gasteiger partial charge < -0.3 is 0 Å². The average molecular weight is 425 g/mol. The molecule has 0 spiro atoms. The number of nitrogens with zero attached hydrogens (tertiary/aromatic N) is 2. The van der Waals surface area contributed by atoms with Crippen molar-refractivity contribution in [3.63, 3.8) is 0 Å². The first-order valence-corrected chi connectivity index (χ1v) is 10.4. The minimum Gasteiger partial charge on any atom is -0.258 e. The highest BCUT2D eigenvalue weighted by Crippen LogP contribution is 2.34. The predicted molar refractivity (Wildman–Crippen MR) is 94.1 cm³/mol. The van der Waals surface area contributed by atoms with E-state index in [1.807, 2.05) is 0 Å². The number of sulfonamides is 2. The quantitative estimate of drug-likeness (QED) is 0.537. The topological polar surface area (TPSA) is 115 Å². The molecule has 0 saturated heterocycles. The van der Waals surface area contributed by atoms with Crippen molar-refractivity contribution >= 4 is 54.6 Å². The van der Waals surface area contributed by atoms with Crippen molar-refractivity contribution in [3.05, 3.63) is 62.6 Å². The lowest BCUT2D eigenvalue weighted by Crippen LogP contribution is -2.36. The van der Waals surface area contributed by atoms with Gasteiger partial charge in [-0.05, 0) is 24.3 Å². The van der Waals surface area contributed by atoms with E-state index in [2.05, 4.69) is 0 Å². The third kappa shape index (κ3) is 3.87. The highest BCUT2D eigenvalue weighted by Gasteiger charge is 2.35. The molecule has 0 saturated carbocycles. The van der Waals surface area contributed by atoms with Crippen LogP contribution in [0.2, 0.25) is 10.0 Å². The zero-order valence-corrected chi connectivity index (χ0v) is 15.6. The van der Waals surface area contributed by atoms with Gasteiger partial charge in [0.25, 0.3) is 15.7 Å². The van der Waals surface area contributed by atoms with Gasteiger partial charge in [0.2, 0.25) is 10.0 Å². The number of para-hydroxylation sites is 1. The Kier molecular flexibility index (Phi) is 5.28. The SMILES string of the molecule is CS(=O)(=O)N(c1ccccc1Cl)S(=O)(=O)c1ccc(Cl)c([N+](=O)[O-])c1. The van der Waals surface area contributed by atoms with E-state index in [-0.39, 0.29) is 19.4 Å². The van der Waals surface area contributed by atoms with Crippen LogP contribution in [0.1, 0.15) is 0 Å². The Morgan fingerprint density at radius 2 is 1.60 bits per heavy atom. The maximum atomic E-state index is 12.8. The van der Waals surface area contributed by atoms with Crippen LogP contribution in [0.3, 0.4) is 0 Å². The molecule has 134 valence electrons. The summed E-state index contributed by atoms with van der Waals surface area (Å²) in [7, 11) is -9.04. The molecule has 8 nitrogen and oxygen atoms in total. The Hall–Kier alpha value is -1.88. The zero-order valence-electron chi connectivity index (χ0n) is 12.5. The molecule has 0 aliphatic rings. The third-order valence-electron chi connectivity index (χ3n) is 2.98. The monoisotopic (exact) mass is 424 g/mol. The van der Waals surface area contributed by atoms with E-state index in [1.54, 1.807) is 0 Å². The van der Waals surface area contributed by atoms with Gasteiger partial charge in [0.15, 0.2) is 0 Å². The minimum atomic E-state index is -4.71. The Morgan fingerprint density at radius 3 is 2.12 bits per heavy atom. The van der Waals surface area contributed by atoms with Crippen LogP contribution >= 0.6 is 23.2 Å². The third-order valence-corrected chi connectivity index (χ3v) is 7.30. The van der Waals surface area contributed by atoms with Crippen molar-refractivity contribution in [1.29, 1.82) is 0 Å². The molecule has 0 bridgehead atoms. The Labute approximate surface area is 153 Å². The lowest BCUT2D eigenvalue weighted by Gasteiger charge is -2.22. The number of nitro benzene ring substituents is 1. The number of nitro groups is 1. The summed E-state index contributed by atoms with van der Waals surface area (Å²) in [6.45, 7) is 0. The summed E-state index contributed by atoms with van der Waals surface area (Å²) in [4.78, 5) is 9.48. The fourth-order valence-corrected chi connectivity index (χ4v) is 5.79. The van der Waals surface area contributed by atoms with Crippen molar-refractivity contribution in [1.82, 2.24) is 0 Å². The minimum absolute atomic E-state index is 0.120. The normalized spacial score (nSPS) is 12.0. The molecule has 2 rings (SSSR count). The second-order valence-electron chi connectivity index (χ2n) is 4.79. The average Bonchev–Trinajstić information content (AvgIpc) is 2.48. The van der Waals surface area contributed by atoms with Crippen LogP contribution in [0.4, 0.5) is 11.4 Å². The van der Waals surface area contributed by atoms with Gasteiger partial charge in [-0.3, -0.25) is 10.1 Å². The van der Waals surface area contributed by atoms with Gasteiger partial charge in [0.1, 0.15) is 5.02 Å². The summed E-state index contributed by atoms with van der Waals surface area (Å²) in [5, 5.41) is 10.6. The molecule has 12 heteroatoms. The van der Waals surface area contributed by atoms with Crippen LogP contribution in [0.25, 0.3) is 0 Å². The highest BCUT2D eigenvalue weighted by atomic mass is 35.5. The number of rotatable bonds is 5. The molecule has 0 radical (unpaired) electrons. The number of hydrogen-bond donors (Lipinski definition) is 0. The molecule has 0 aliphatic heterocycles. The van der Waals surface area contributed by atoms with Gasteiger partial charge in [0.05, 0.1) is 26.8 Å². The van der Waals surface area contributed by atoms with E-state index >= 15 is 0 Å². The summed E-state index contributed by atoms with van der Waals surface area (Å²) >= 11 is 11.6. The molecule has 0 fully saturated rings. The number of benzene rings is 2. The predicted octanol–water partition coefficient (Wildman–Crippen LogP) is 3.06. The molecule has 2 aromatic carbocycles. The fraction of sp³-hybridized carbons (Fsp3) is 0.0769. The van der Waals surface area contributed by atoms with Gasteiger partial charge in [-0.2, -0.15) is 3.71 Å². The van der Waals surface area contributed by atoms with Crippen LogP contribution in [0.15, 0.2) is 47.4 Å². The molecule has 0 aromatic heterocycles. The Balaban J connectivity index is 2.76. The first-order chi connectivity index (χ1) is 11.5. The van der Waals surface area contributed by atoms with Crippen molar-refractivity contribution in [3.8, 4) is 0 Å². The van der Waals surface area contributed by atoms with Crippen LogP contribution in [0.5, 0.6) is 0 Å².